The Bertz CT molecular complexity index is 538. The molecule has 0 radical (unpaired) electrons. The molecule has 1 N–H and O–H groups in total. The average molecular weight is 304 g/mol. The Morgan fingerprint density at radius 2 is 1.59 bits per heavy atom. The predicted octanol–water partition coefficient (Wildman–Crippen LogP) is 1.77. The van der Waals surface area contributed by atoms with Crippen molar-refractivity contribution in [3.63, 3.8) is 0 Å². The summed E-state index contributed by atoms with van der Waals surface area (Å²) < 4.78 is 0. The first-order valence-corrected chi connectivity index (χ1v) is 7.61. The zero-order chi connectivity index (χ0) is 16.3. The standard InChI is InChI=1S/C17H24N2O3/c1-17(2,3)16(22)19-10-8-18(9-11-19)12-15(21)13-4-6-14(20)7-5-13/h4-7,20H,8-12H2,1-3H3. The van der Waals surface area contributed by atoms with Gasteiger partial charge in [0.1, 0.15) is 5.75 Å². The molecule has 5 heteroatoms. The number of Topliss-reactive ketones (excluding diaryl/α,β-unsaturated/α-hetero) is 1. The highest BCUT2D eigenvalue weighted by atomic mass is 16.3. The van der Waals surface area contributed by atoms with Crippen LogP contribution in [0.4, 0.5) is 0 Å². The molecule has 22 heavy (non-hydrogen) atoms. The molecule has 0 bridgehead atoms. The number of phenolic OH excluding ortho intramolecular Hbond substituents is 1. The van der Waals surface area contributed by atoms with Crippen molar-refractivity contribution in [2.24, 2.45) is 5.41 Å². The third kappa shape index (κ3) is 4.07. The average Bonchev–Trinajstić information content (AvgIpc) is 2.47. The second-order valence-electron chi connectivity index (χ2n) is 6.79. The lowest BCUT2D eigenvalue weighted by Crippen LogP contribution is -2.52. The van der Waals surface area contributed by atoms with E-state index in [9.17, 15) is 14.7 Å². The third-order valence-corrected chi connectivity index (χ3v) is 3.86. The molecule has 1 amide bonds. The van der Waals surface area contributed by atoms with E-state index in [4.69, 9.17) is 0 Å². The largest absolute Gasteiger partial charge is 0.508 e. The highest BCUT2D eigenvalue weighted by Gasteiger charge is 2.30. The van der Waals surface area contributed by atoms with Crippen LogP contribution in [0.2, 0.25) is 0 Å². The van der Waals surface area contributed by atoms with Gasteiger partial charge in [-0.3, -0.25) is 14.5 Å². The second kappa shape index (κ2) is 6.48. The van der Waals surface area contributed by atoms with E-state index in [-0.39, 0.29) is 22.9 Å². The fraction of sp³-hybridized carbons (Fsp3) is 0.529. The monoisotopic (exact) mass is 304 g/mol. The van der Waals surface area contributed by atoms with Crippen molar-refractivity contribution < 1.29 is 14.7 Å². The normalized spacial score (nSPS) is 16.6. The SMILES string of the molecule is CC(C)(C)C(=O)N1CCN(CC(=O)c2ccc(O)cc2)CC1. The van der Waals surface area contributed by atoms with Gasteiger partial charge in [-0.1, -0.05) is 20.8 Å². The number of phenols is 1. The molecule has 120 valence electrons. The Kier molecular flexibility index (Phi) is 4.86. The number of benzene rings is 1. The lowest BCUT2D eigenvalue weighted by molar-refractivity contribution is -0.141. The molecule has 1 aromatic rings. The molecule has 0 spiro atoms. The minimum atomic E-state index is -0.357. The van der Waals surface area contributed by atoms with Gasteiger partial charge >= 0.3 is 0 Å². The summed E-state index contributed by atoms with van der Waals surface area (Å²) in [5.41, 5.74) is 0.246. The maximum absolute atomic E-state index is 12.2. The molecule has 5 nitrogen and oxygen atoms in total. The molecule has 2 rings (SSSR count). The van der Waals surface area contributed by atoms with Gasteiger partial charge in [-0.25, -0.2) is 0 Å². The number of amides is 1. The summed E-state index contributed by atoms with van der Waals surface area (Å²) in [6.45, 7) is 8.89. The van der Waals surface area contributed by atoms with E-state index in [1.165, 1.54) is 12.1 Å². The van der Waals surface area contributed by atoms with E-state index in [2.05, 4.69) is 4.90 Å². The van der Waals surface area contributed by atoms with Crippen molar-refractivity contribution in [2.75, 3.05) is 32.7 Å². The van der Waals surface area contributed by atoms with Gasteiger partial charge in [-0.05, 0) is 24.3 Å². The van der Waals surface area contributed by atoms with Gasteiger partial charge < -0.3 is 10.0 Å². The molecule has 0 aromatic heterocycles. The van der Waals surface area contributed by atoms with Crippen LogP contribution in [0.15, 0.2) is 24.3 Å². The van der Waals surface area contributed by atoms with E-state index in [1.54, 1.807) is 12.1 Å². The fourth-order valence-corrected chi connectivity index (χ4v) is 2.53. The van der Waals surface area contributed by atoms with Crippen molar-refractivity contribution in [3.8, 4) is 5.75 Å². The van der Waals surface area contributed by atoms with Crippen molar-refractivity contribution in [1.82, 2.24) is 9.80 Å². The molecule has 0 atom stereocenters. The first kappa shape index (κ1) is 16.5. The number of carbonyl (C=O) groups excluding carboxylic acids is 2. The summed E-state index contributed by atoms with van der Waals surface area (Å²) in [6.07, 6.45) is 0. The summed E-state index contributed by atoms with van der Waals surface area (Å²) in [5, 5.41) is 9.25. The first-order valence-electron chi connectivity index (χ1n) is 7.61. The summed E-state index contributed by atoms with van der Waals surface area (Å²) >= 11 is 0. The summed E-state index contributed by atoms with van der Waals surface area (Å²) in [7, 11) is 0. The maximum Gasteiger partial charge on any atom is 0.228 e. The Hall–Kier alpha value is -1.88. The first-order chi connectivity index (χ1) is 10.3. The van der Waals surface area contributed by atoms with Crippen LogP contribution in [0.1, 0.15) is 31.1 Å². The van der Waals surface area contributed by atoms with Crippen LogP contribution in [-0.2, 0) is 4.79 Å². The van der Waals surface area contributed by atoms with E-state index in [0.717, 1.165) is 0 Å². The number of carbonyl (C=O) groups is 2. The molecular weight excluding hydrogens is 280 g/mol. The minimum Gasteiger partial charge on any atom is -0.508 e. The third-order valence-electron chi connectivity index (χ3n) is 3.86. The zero-order valence-corrected chi connectivity index (χ0v) is 13.5. The van der Waals surface area contributed by atoms with E-state index in [1.807, 2.05) is 25.7 Å². The number of hydrogen-bond acceptors (Lipinski definition) is 4. The lowest BCUT2D eigenvalue weighted by atomic mass is 9.94. The number of nitrogens with zero attached hydrogens (tertiary/aromatic N) is 2. The second-order valence-corrected chi connectivity index (χ2v) is 6.79. The van der Waals surface area contributed by atoms with Crippen LogP contribution in [0.5, 0.6) is 5.75 Å². The van der Waals surface area contributed by atoms with Gasteiger partial charge in [0.15, 0.2) is 5.78 Å². The van der Waals surface area contributed by atoms with Crippen molar-refractivity contribution in [2.45, 2.75) is 20.8 Å². The van der Waals surface area contributed by atoms with Crippen LogP contribution in [0, 0.1) is 5.41 Å². The Balaban J connectivity index is 1.86. The summed E-state index contributed by atoms with van der Waals surface area (Å²) in [4.78, 5) is 28.4. The van der Waals surface area contributed by atoms with Crippen molar-refractivity contribution >= 4 is 11.7 Å². The molecule has 0 saturated carbocycles. The molecule has 1 aliphatic heterocycles. The Morgan fingerprint density at radius 1 is 1.05 bits per heavy atom. The fourth-order valence-electron chi connectivity index (χ4n) is 2.53. The number of ketones is 1. The molecule has 1 saturated heterocycles. The minimum absolute atomic E-state index is 0.0376. The van der Waals surface area contributed by atoms with Crippen LogP contribution >= 0.6 is 0 Å². The molecule has 1 heterocycles. The summed E-state index contributed by atoms with van der Waals surface area (Å²) in [5.74, 6) is 0.360. The number of aromatic hydroxyl groups is 1. The van der Waals surface area contributed by atoms with Crippen LogP contribution < -0.4 is 0 Å². The van der Waals surface area contributed by atoms with Crippen LogP contribution in [0.3, 0.4) is 0 Å². The maximum atomic E-state index is 12.2. The molecule has 1 aromatic carbocycles. The molecule has 1 fully saturated rings. The molecule has 0 aliphatic carbocycles. The van der Waals surface area contributed by atoms with Crippen molar-refractivity contribution in [3.05, 3.63) is 29.8 Å². The predicted molar refractivity (Wildman–Crippen MR) is 84.9 cm³/mol. The van der Waals surface area contributed by atoms with Gasteiger partial charge in [-0.2, -0.15) is 0 Å². The Labute approximate surface area is 131 Å². The number of rotatable bonds is 3. The van der Waals surface area contributed by atoms with E-state index >= 15 is 0 Å². The lowest BCUT2D eigenvalue weighted by Gasteiger charge is -2.37. The highest BCUT2D eigenvalue weighted by Crippen LogP contribution is 2.19. The van der Waals surface area contributed by atoms with Crippen LogP contribution in [0.25, 0.3) is 0 Å². The van der Waals surface area contributed by atoms with E-state index < -0.39 is 0 Å². The summed E-state index contributed by atoms with van der Waals surface area (Å²) in [6, 6.07) is 6.31. The van der Waals surface area contributed by atoms with Crippen LogP contribution in [-0.4, -0.2) is 59.3 Å². The van der Waals surface area contributed by atoms with E-state index in [0.29, 0.717) is 38.3 Å². The molecular formula is C17H24N2O3. The van der Waals surface area contributed by atoms with Gasteiger partial charge in [0, 0.05) is 37.2 Å². The van der Waals surface area contributed by atoms with Gasteiger partial charge in [0.05, 0.1) is 6.54 Å². The van der Waals surface area contributed by atoms with Crippen molar-refractivity contribution in [1.29, 1.82) is 0 Å². The topological polar surface area (TPSA) is 60.9 Å². The molecule has 1 aliphatic rings. The number of piperazine rings is 1. The quantitative estimate of drug-likeness (QED) is 0.865. The molecule has 0 unspecified atom stereocenters. The highest BCUT2D eigenvalue weighted by molar-refractivity contribution is 5.97. The smallest absolute Gasteiger partial charge is 0.228 e. The Morgan fingerprint density at radius 3 is 2.09 bits per heavy atom. The zero-order valence-electron chi connectivity index (χ0n) is 13.5. The van der Waals surface area contributed by atoms with Gasteiger partial charge in [-0.15, -0.1) is 0 Å². The van der Waals surface area contributed by atoms with Gasteiger partial charge in [0.25, 0.3) is 0 Å². The number of hydrogen-bond donors (Lipinski definition) is 1. The van der Waals surface area contributed by atoms with Gasteiger partial charge in [0.2, 0.25) is 5.91 Å².